The number of halogens is 1. The fourth-order valence-corrected chi connectivity index (χ4v) is 3.46. The van der Waals surface area contributed by atoms with Crippen molar-refractivity contribution in [2.45, 2.75) is 30.2 Å². The summed E-state index contributed by atoms with van der Waals surface area (Å²) < 4.78 is 31.7. The first-order chi connectivity index (χ1) is 15.0. The van der Waals surface area contributed by atoms with Gasteiger partial charge in [0.15, 0.2) is 5.75 Å². The summed E-state index contributed by atoms with van der Waals surface area (Å²) in [5.74, 6) is -2.78. The summed E-state index contributed by atoms with van der Waals surface area (Å²) in [6, 6.07) is 9.61. The van der Waals surface area contributed by atoms with Crippen LogP contribution in [0.4, 0.5) is 5.69 Å². The molecule has 0 unspecified atom stereocenters. The number of benzene rings is 2. The molecule has 172 valence electrons. The second kappa shape index (κ2) is 10.9. The zero-order valence-corrected chi connectivity index (χ0v) is 18.1. The van der Waals surface area contributed by atoms with Crippen LogP contribution in [-0.2, 0) is 30.9 Å². The van der Waals surface area contributed by atoms with Gasteiger partial charge in [-0.05, 0) is 24.1 Å². The van der Waals surface area contributed by atoms with Gasteiger partial charge < -0.3 is 16.2 Å². The third-order valence-electron chi connectivity index (χ3n) is 4.14. The normalized spacial score (nSPS) is 12.0. The van der Waals surface area contributed by atoms with Crippen molar-refractivity contribution in [3.63, 3.8) is 0 Å². The Kier molecular flexibility index (Phi) is 8.55. The predicted molar refractivity (Wildman–Crippen MR) is 115 cm³/mol. The van der Waals surface area contributed by atoms with Gasteiger partial charge in [-0.25, -0.2) is 0 Å². The molecule has 0 aliphatic heterocycles. The number of carbonyl (C=O) groups is 3. The molecule has 0 aromatic heterocycles. The summed E-state index contributed by atoms with van der Waals surface area (Å²) in [5.41, 5.74) is 10.5. The molecule has 0 saturated carbocycles. The average molecular weight is 485 g/mol. The lowest BCUT2D eigenvalue weighted by Crippen LogP contribution is -2.49. The van der Waals surface area contributed by atoms with Crippen molar-refractivity contribution in [2.24, 2.45) is 5.73 Å². The van der Waals surface area contributed by atoms with Crippen molar-refractivity contribution in [2.75, 3.05) is 5.32 Å². The van der Waals surface area contributed by atoms with Crippen molar-refractivity contribution < 1.29 is 32.5 Å². The summed E-state index contributed by atoms with van der Waals surface area (Å²) in [6.45, 7) is 0. The highest BCUT2D eigenvalue weighted by molar-refractivity contribution is 7.86. The second-order valence-corrected chi connectivity index (χ2v) is 8.49. The summed E-state index contributed by atoms with van der Waals surface area (Å²) in [4.78, 5) is 35.1. The summed E-state index contributed by atoms with van der Waals surface area (Å²) in [7, 11) is -4.78. The highest BCUT2D eigenvalue weighted by atomic mass is 35.5. The van der Waals surface area contributed by atoms with Crippen molar-refractivity contribution in [1.29, 1.82) is 0 Å². The molecular weight excluding hydrogens is 464 g/mol. The lowest BCUT2D eigenvalue weighted by Gasteiger charge is -2.14. The first-order valence-electron chi connectivity index (χ1n) is 9.15. The van der Waals surface area contributed by atoms with E-state index in [0.29, 0.717) is 0 Å². The van der Waals surface area contributed by atoms with Gasteiger partial charge >= 0.3 is 0 Å². The fourth-order valence-electron chi connectivity index (χ4n) is 2.55. The van der Waals surface area contributed by atoms with E-state index in [4.69, 9.17) is 21.9 Å². The first-order valence-corrected chi connectivity index (χ1v) is 11.0. The van der Waals surface area contributed by atoms with Crippen molar-refractivity contribution >= 4 is 45.1 Å². The first kappa shape index (κ1) is 25.1. The maximum absolute atomic E-state index is 12.1. The minimum absolute atomic E-state index is 0.0490. The minimum Gasteiger partial charge on any atom is -0.504 e. The summed E-state index contributed by atoms with van der Waals surface area (Å²) in [6.07, 6.45) is -0.355. The molecule has 3 amide bonds. The lowest BCUT2D eigenvalue weighted by molar-refractivity contribution is -0.129. The van der Waals surface area contributed by atoms with Crippen molar-refractivity contribution in [1.82, 2.24) is 10.9 Å². The highest BCUT2D eigenvalue weighted by Crippen LogP contribution is 2.34. The number of hydrogen-bond donors (Lipinski definition) is 6. The number of amides is 3. The van der Waals surface area contributed by atoms with Crippen LogP contribution in [0.1, 0.15) is 18.4 Å². The molecule has 32 heavy (non-hydrogen) atoms. The predicted octanol–water partition coefficient (Wildman–Crippen LogP) is 0.728. The van der Waals surface area contributed by atoms with E-state index in [1.165, 1.54) is 0 Å². The van der Waals surface area contributed by atoms with Crippen molar-refractivity contribution in [3.8, 4) is 5.75 Å². The maximum atomic E-state index is 12.1. The van der Waals surface area contributed by atoms with E-state index in [-0.39, 0.29) is 30.0 Å². The third-order valence-corrected chi connectivity index (χ3v) is 5.23. The standard InChI is InChI=1S/C19H21ClN4O7S/c20-12-9-14(18(27)15(10-12)32(29,30)31)22-16(25)7-6-13(21)19(28)24-23-17(26)8-11-4-2-1-3-5-11/h1-5,9-10,13,27H,6-8,21H2,(H,22,25)(H,23,26)(H,24,28)(H,29,30,31)/t13-/m0/s1. The van der Waals surface area contributed by atoms with E-state index < -0.39 is 44.5 Å². The molecule has 0 bridgehead atoms. The van der Waals surface area contributed by atoms with Gasteiger partial charge in [0.25, 0.3) is 16.0 Å². The number of nitrogens with two attached hydrogens (primary N) is 1. The Hall–Kier alpha value is -3.19. The number of hydrogen-bond acceptors (Lipinski definition) is 7. The molecule has 0 aliphatic rings. The molecule has 0 saturated heterocycles. The minimum atomic E-state index is -4.78. The lowest BCUT2D eigenvalue weighted by atomic mass is 10.1. The van der Waals surface area contributed by atoms with Crippen LogP contribution in [-0.4, -0.2) is 41.8 Å². The van der Waals surface area contributed by atoms with Crippen molar-refractivity contribution in [3.05, 3.63) is 53.1 Å². The fraction of sp³-hybridized carbons (Fsp3) is 0.211. The molecule has 2 aromatic rings. The number of phenolic OH excluding ortho intramolecular Hbond substituents is 1. The van der Waals surface area contributed by atoms with Crippen LogP contribution in [0, 0.1) is 0 Å². The average Bonchev–Trinajstić information content (AvgIpc) is 2.72. The largest absolute Gasteiger partial charge is 0.504 e. The van der Waals surface area contributed by atoms with Crippen LogP contribution in [0.5, 0.6) is 5.75 Å². The Morgan fingerprint density at radius 2 is 1.72 bits per heavy atom. The Morgan fingerprint density at radius 3 is 2.34 bits per heavy atom. The van der Waals surface area contributed by atoms with Gasteiger partial charge in [0.1, 0.15) is 4.90 Å². The number of anilines is 1. The summed E-state index contributed by atoms with van der Waals surface area (Å²) in [5, 5.41) is 12.0. The zero-order chi connectivity index (χ0) is 23.9. The van der Waals surface area contributed by atoms with Crippen LogP contribution < -0.4 is 21.9 Å². The Bertz CT molecular complexity index is 1110. The smallest absolute Gasteiger partial charge is 0.298 e. The van der Waals surface area contributed by atoms with Gasteiger partial charge in [0.05, 0.1) is 18.2 Å². The third kappa shape index (κ3) is 7.50. The molecule has 1 atom stereocenters. The molecule has 0 aliphatic carbocycles. The molecule has 7 N–H and O–H groups in total. The number of phenols is 1. The molecule has 0 fully saturated rings. The van der Waals surface area contributed by atoms with E-state index in [9.17, 15) is 27.9 Å². The summed E-state index contributed by atoms with van der Waals surface area (Å²) >= 11 is 5.75. The van der Waals surface area contributed by atoms with Crippen LogP contribution in [0.3, 0.4) is 0 Å². The van der Waals surface area contributed by atoms with Gasteiger partial charge in [0.2, 0.25) is 11.8 Å². The number of carbonyl (C=O) groups excluding carboxylic acids is 3. The molecule has 2 aromatic carbocycles. The maximum Gasteiger partial charge on any atom is 0.298 e. The molecule has 11 nitrogen and oxygen atoms in total. The molecule has 2 rings (SSSR count). The van der Waals surface area contributed by atoms with Crippen LogP contribution in [0.15, 0.2) is 47.4 Å². The van der Waals surface area contributed by atoms with E-state index in [1.54, 1.807) is 30.3 Å². The van der Waals surface area contributed by atoms with Crippen LogP contribution in [0.2, 0.25) is 5.02 Å². The number of rotatable bonds is 8. The van der Waals surface area contributed by atoms with Gasteiger partial charge in [-0.3, -0.25) is 29.8 Å². The van der Waals surface area contributed by atoms with E-state index in [2.05, 4.69) is 16.2 Å². The molecule has 0 radical (unpaired) electrons. The van der Waals surface area contributed by atoms with Crippen LogP contribution >= 0.6 is 11.6 Å². The van der Waals surface area contributed by atoms with E-state index in [0.717, 1.165) is 17.7 Å². The number of aromatic hydroxyl groups is 1. The van der Waals surface area contributed by atoms with E-state index >= 15 is 0 Å². The van der Waals surface area contributed by atoms with Gasteiger partial charge in [-0.1, -0.05) is 41.9 Å². The molecule has 0 spiro atoms. The quantitative estimate of drug-likeness (QED) is 0.179. The number of hydrazine groups is 1. The van der Waals surface area contributed by atoms with E-state index in [1.807, 2.05) is 0 Å². The second-order valence-electron chi connectivity index (χ2n) is 6.67. The molecule has 13 heteroatoms. The zero-order valence-electron chi connectivity index (χ0n) is 16.5. The molecule has 0 heterocycles. The highest BCUT2D eigenvalue weighted by Gasteiger charge is 2.21. The topological polar surface area (TPSA) is 188 Å². The monoisotopic (exact) mass is 484 g/mol. The number of nitrogens with one attached hydrogen (secondary N) is 3. The molecular formula is C19H21ClN4O7S. The Morgan fingerprint density at radius 1 is 1.06 bits per heavy atom. The van der Waals surface area contributed by atoms with Gasteiger partial charge in [-0.2, -0.15) is 8.42 Å². The Labute approximate surface area is 188 Å². The van der Waals surface area contributed by atoms with Gasteiger partial charge in [0, 0.05) is 11.4 Å². The van der Waals surface area contributed by atoms with Gasteiger partial charge in [-0.15, -0.1) is 0 Å². The SMILES string of the molecule is N[C@@H](CCC(=O)Nc1cc(Cl)cc(S(=O)(=O)O)c1O)C(=O)NNC(=O)Cc1ccccc1. The Balaban J connectivity index is 1.84. The van der Waals surface area contributed by atoms with Crippen LogP contribution in [0.25, 0.3) is 0 Å².